The van der Waals surface area contributed by atoms with E-state index in [1.165, 1.54) is 30.5 Å². The van der Waals surface area contributed by atoms with Crippen LogP contribution in [-0.2, 0) is 11.3 Å². The van der Waals surface area contributed by atoms with Gasteiger partial charge in [0.15, 0.2) is 0 Å². The first-order valence-electron chi connectivity index (χ1n) is 9.38. The fourth-order valence-corrected chi connectivity index (χ4v) is 3.73. The SMILES string of the molecule is Cc1cc([C@H](Nc2cc(CN3CC[C@@H](OC(=O)O)C3)c(Cl)cn2)C(F)(F)F)ccc1Cl. The number of hydrogen-bond donors (Lipinski definition) is 2. The van der Waals surface area contributed by atoms with Gasteiger partial charge in [0, 0.05) is 30.9 Å². The van der Waals surface area contributed by atoms with Gasteiger partial charge in [0.05, 0.1) is 5.02 Å². The van der Waals surface area contributed by atoms with Gasteiger partial charge < -0.3 is 15.2 Å². The molecule has 2 N–H and O–H groups in total. The van der Waals surface area contributed by atoms with Crippen LogP contribution < -0.4 is 5.32 Å². The molecule has 1 aliphatic heterocycles. The summed E-state index contributed by atoms with van der Waals surface area (Å²) in [7, 11) is 0. The van der Waals surface area contributed by atoms with Crippen LogP contribution in [0.2, 0.25) is 10.0 Å². The number of aromatic nitrogens is 1. The van der Waals surface area contributed by atoms with Crippen molar-refractivity contribution >= 4 is 35.2 Å². The molecule has 1 saturated heterocycles. The zero-order valence-electron chi connectivity index (χ0n) is 16.4. The van der Waals surface area contributed by atoms with Gasteiger partial charge in [-0.15, -0.1) is 0 Å². The molecule has 11 heteroatoms. The molecule has 0 bridgehead atoms. The summed E-state index contributed by atoms with van der Waals surface area (Å²) in [5, 5.41) is 11.9. The summed E-state index contributed by atoms with van der Waals surface area (Å²) in [4.78, 5) is 16.6. The minimum Gasteiger partial charge on any atom is -0.450 e. The van der Waals surface area contributed by atoms with Crippen LogP contribution in [0.4, 0.5) is 23.8 Å². The van der Waals surface area contributed by atoms with E-state index in [9.17, 15) is 18.0 Å². The molecular weight excluding hydrogens is 458 g/mol. The number of nitrogens with one attached hydrogen (secondary N) is 1. The van der Waals surface area contributed by atoms with Crippen molar-refractivity contribution in [1.82, 2.24) is 9.88 Å². The number of carbonyl (C=O) groups is 1. The molecule has 0 saturated carbocycles. The van der Waals surface area contributed by atoms with Crippen molar-refractivity contribution in [3.8, 4) is 0 Å². The maximum atomic E-state index is 13.8. The van der Waals surface area contributed by atoms with Crippen molar-refractivity contribution in [3.63, 3.8) is 0 Å². The van der Waals surface area contributed by atoms with Crippen LogP contribution >= 0.6 is 23.2 Å². The molecule has 6 nitrogen and oxygen atoms in total. The van der Waals surface area contributed by atoms with Crippen LogP contribution in [0.15, 0.2) is 30.5 Å². The highest BCUT2D eigenvalue weighted by Gasteiger charge is 2.41. The third kappa shape index (κ3) is 6.15. The summed E-state index contributed by atoms with van der Waals surface area (Å²) in [5.41, 5.74) is 1.12. The number of hydrogen-bond acceptors (Lipinski definition) is 5. The lowest BCUT2D eigenvalue weighted by Gasteiger charge is -2.24. The maximum Gasteiger partial charge on any atom is 0.506 e. The molecule has 168 valence electrons. The zero-order valence-corrected chi connectivity index (χ0v) is 17.9. The number of ether oxygens (including phenoxy) is 1. The average molecular weight is 478 g/mol. The lowest BCUT2D eigenvalue weighted by atomic mass is 10.0. The molecule has 31 heavy (non-hydrogen) atoms. The molecule has 3 rings (SSSR count). The van der Waals surface area contributed by atoms with Crippen molar-refractivity contribution < 1.29 is 27.8 Å². The second kappa shape index (κ2) is 9.50. The molecule has 1 aromatic heterocycles. The molecule has 2 atom stereocenters. The molecular formula is C20H20Cl2F3N3O3. The van der Waals surface area contributed by atoms with Gasteiger partial charge in [-0.1, -0.05) is 35.3 Å². The number of aryl methyl sites for hydroxylation is 1. The maximum absolute atomic E-state index is 13.8. The summed E-state index contributed by atoms with van der Waals surface area (Å²) < 4.78 is 46.0. The summed E-state index contributed by atoms with van der Waals surface area (Å²) in [6.07, 6.45) is -4.53. The van der Waals surface area contributed by atoms with E-state index in [-0.39, 0.29) is 11.4 Å². The number of pyridine rings is 1. The number of anilines is 1. The first-order chi connectivity index (χ1) is 14.5. The van der Waals surface area contributed by atoms with Gasteiger partial charge in [0.1, 0.15) is 18.0 Å². The van der Waals surface area contributed by atoms with E-state index in [2.05, 4.69) is 10.3 Å². The van der Waals surface area contributed by atoms with Gasteiger partial charge in [-0.25, -0.2) is 9.78 Å². The quantitative estimate of drug-likeness (QED) is 0.521. The zero-order chi connectivity index (χ0) is 22.8. The van der Waals surface area contributed by atoms with Crippen LogP contribution in [0.3, 0.4) is 0 Å². The van der Waals surface area contributed by atoms with Gasteiger partial charge >= 0.3 is 12.3 Å². The van der Waals surface area contributed by atoms with Crippen LogP contribution in [0.25, 0.3) is 0 Å². The highest BCUT2D eigenvalue weighted by Crippen LogP contribution is 2.37. The third-order valence-electron chi connectivity index (χ3n) is 4.96. The minimum atomic E-state index is -4.57. The highest BCUT2D eigenvalue weighted by atomic mass is 35.5. The number of benzene rings is 1. The smallest absolute Gasteiger partial charge is 0.450 e. The molecule has 1 aliphatic rings. The van der Waals surface area contributed by atoms with Crippen LogP contribution in [-0.4, -0.2) is 46.5 Å². The molecule has 1 aromatic carbocycles. The van der Waals surface area contributed by atoms with Crippen molar-refractivity contribution in [2.75, 3.05) is 18.4 Å². The van der Waals surface area contributed by atoms with Gasteiger partial charge in [0.2, 0.25) is 0 Å². The Balaban J connectivity index is 1.77. The fourth-order valence-electron chi connectivity index (χ4n) is 3.45. The normalized spacial score (nSPS) is 18.1. The second-order valence-electron chi connectivity index (χ2n) is 7.32. The Kier molecular flexibility index (Phi) is 7.18. The van der Waals surface area contributed by atoms with E-state index < -0.39 is 24.5 Å². The molecule has 0 radical (unpaired) electrons. The highest BCUT2D eigenvalue weighted by molar-refractivity contribution is 6.31. The average Bonchev–Trinajstić information content (AvgIpc) is 3.10. The topological polar surface area (TPSA) is 74.7 Å². The number of likely N-dealkylation sites (tertiary alicyclic amines) is 1. The first kappa shape index (κ1) is 23.4. The Morgan fingerprint density at radius 1 is 1.35 bits per heavy atom. The monoisotopic (exact) mass is 477 g/mol. The number of carboxylic acid groups (broad SMARTS) is 1. The van der Waals surface area contributed by atoms with Gasteiger partial charge in [-0.05, 0) is 42.2 Å². The Morgan fingerprint density at radius 2 is 2.10 bits per heavy atom. The predicted molar refractivity (Wildman–Crippen MR) is 111 cm³/mol. The van der Waals surface area contributed by atoms with E-state index in [0.29, 0.717) is 47.2 Å². The van der Waals surface area contributed by atoms with Crippen molar-refractivity contribution in [1.29, 1.82) is 0 Å². The van der Waals surface area contributed by atoms with Gasteiger partial charge in [0.25, 0.3) is 0 Å². The summed E-state index contributed by atoms with van der Waals surface area (Å²) >= 11 is 12.1. The minimum absolute atomic E-state index is 0.0147. The first-order valence-corrected chi connectivity index (χ1v) is 10.1. The Hall–Kier alpha value is -2.23. The van der Waals surface area contributed by atoms with Crippen molar-refractivity contribution in [2.45, 2.75) is 38.2 Å². The largest absolute Gasteiger partial charge is 0.506 e. The Bertz CT molecular complexity index is 959. The van der Waals surface area contributed by atoms with E-state index in [0.717, 1.165) is 0 Å². The van der Waals surface area contributed by atoms with Crippen LogP contribution in [0.5, 0.6) is 0 Å². The van der Waals surface area contributed by atoms with Crippen molar-refractivity contribution in [3.05, 3.63) is 57.2 Å². The van der Waals surface area contributed by atoms with E-state index in [1.54, 1.807) is 6.92 Å². The van der Waals surface area contributed by atoms with Crippen molar-refractivity contribution in [2.24, 2.45) is 0 Å². The van der Waals surface area contributed by atoms with Gasteiger partial charge in [-0.3, -0.25) is 4.90 Å². The molecule has 2 aromatic rings. The number of nitrogens with zero attached hydrogens (tertiary/aromatic N) is 2. The lowest BCUT2D eigenvalue weighted by molar-refractivity contribution is -0.144. The van der Waals surface area contributed by atoms with Crippen LogP contribution in [0, 0.1) is 6.92 Å². The molecule has 0 aliphatic carbocycles. The Labute approximate surface area is 186 Å². The van der Waals surface area contributed by atoms with Crippen LogP contribution in [0.1, 0.15) is 29.2 Å². The van der Waals surface area contributed by atoms with E-state index in [4.69, 9.17) is 33.0 Å². The molecule has 0 unspecified atom stereocenters. The summed E-state index contributed by atoms with van der Waals surface area (Å²) in [5.74, 6) is 0.0202. The molecule has 1 fully saturated rings. The predicted octanol–water partition coefficient (Wildman–Crippen LogP) is 5.68. The number of halogens is 5. The lowest BCUT2D eigenvalue weighted by Crippen LogP contribution is -2.28. The molecule has 0 amide bonds. The number of alkyl halides is 3. The molecule has 2 heterocycles. The third-order valence-corrected chi connectivity index (χ3v) is 5.72. The van der Waals surface area contributed by atoms with E-state index >= 15 is 0 Å². The summed E-state index contributed by atoms with van der Waals surface area (Å²) in [6, 6.07) is 3.62. The van der Waals surface area contributed by atoms with E-state index in [1.807, 2.05) is 4.90 Å². The standard InChI is InChI=1S/C20H20Cl2F3N3O3/c1-11-6-12(2-3-15(11)21)18(20(23,24)25)27-17-7-13(16(22)8-26-17)9-28-5-4-14(10-28)31-19(29)30/h2-3,6-8,14,18H,4-5,9-10H2,1H3,(H,26,27)(H,29,30)/t14-,18+/m1/s1. The second-order valence-corrected chi connectivity index (χ2v) is 8.13. The van der Waals surface area contributed by atoms with Gasteiger partial charge in [-0.2, -0.15) is 13.2 Å². The fraction of sp³-hybridized carbons (Fsp3) is 0.400. The Morgan fingerprint density at radius 3 is 2.74 bits per heavy atom. The summed E-state index contributed by atoms with van der Waals surface area (Å²) in [6.45, 7) is 2.92. The molecule has 0 spiro atoms. The number of rotatable bonds is 6.